The number of esters is 1. The Kier molecular flexibility index (Phi) is 3.65. The summed E-state index contributed by atoms with van der Waals surface area (Å²) in [6.07, 6.45) is 6.79. The Balaban J connectivity index is 2.28. The van der Waals surface area contributed by atoms with E-state index in [9.17, 15) is 4.79 Å². The number of carbonyl (C=O) groups is 1. The minimum atomic E-state index is -0.303. The summed E-state index contributed by atoms with van der Waals surface area (Å²) >= 11 is 0. The SMILES string of the molecule is C=C(C)c1c(C2C=CCC2)c2ccc(C(=O)OC)cc2n1C. The standard InChI is InChI=1S/C19H21NO2/c1-12(2)18-17(13-7-5-6-8-13)15-10-9-14(19(21)22-4)11-16(15)20(18)3/h5,7,9-11,13H,1,6,8H2,2-4H3. The summed E-state index contributed by atoms with van der Waals surface area (Å²) < 4.78 is 6.98. The first-order chi connectivity index (χ1) is 10.5. The molecule has 1 atom stereocenters. The fourth-order valence-electron chi connectivity index (χ4n) is 3.48. The lowest BCUT2D eigenvalue weighted by Gasteiger charge is -2.12. The van der Waals surface area contributed by atoms with Gasteiger partial charge in [-0.1, -0.05) is 24.8 Å². The molecule has 3 nitrogen and oxygen atoms in total. The zero-order valence-corrected chi connectivity index (χ0v) is 13.3. The van der Waals surface area contributed by atoms with Crippen LogP contribution in [-0.4, -0.2) is 17.6 Å². The fraction of sp³-hybridized carbons (Fsp3) is 0.316. The second kappa shape index (κ2) is 5.48. The molecule has 0 radical (unpaired) electrons. The van der Waals surface area contributed by atoms with Crippen LogP contribution in [0.15, 0.2) is 36.9 Å². The van der Waals surface area contributed by atoms with Crippen LogP contribution < -0.4 is 0 Å². The van der Waals surface area contributed by atoms with Crippen molar-refractivity contribution in [3.8, 4) is 0 Å². The van der Waals surface area contributed by atoms with Gasteiger partial charge in [-0.05, 0) is 43.0 Å². The molecule has 1 aromatic carbocycles. The first-order valence-corrected chi connectivity index (χ1v) is 7.57. The van der Waals surface area contributed by atoms with Gasteiger partial charge in [0, 0.05) is 29.6 Å². The molecule has 1 aliphatic rings. The Bertz CT molecular complexity index is 795. The quantitative estimate of drug-likeness (QED) is 0.619. The summed E-state index contributed by atoms with van der Waals surface area (Å²) in [6, 6.07) is 5.80. The van der Waals surface area contributed by atoms with Crippen LogP contribution in [0.1, 0.15) is 47.3 Å². The minimum absolute atomic E-state index is 0.303. The Labute approximate surface area is 130 Å². The van der Waals surface area contributed by atoms with Gasteiger partial charge >= 0.3 is 5.97 Å². The minimum Gasteiger partial charge on any atom is -0.465 e. The molecule has 3 rings (SSSR count). The van der Waals surface area contributed by atoms with Gasteiger partial charge in [0.15, 0.2) is 0 Å². The molecule has 0 bridgehead atoms. The fourth-order valence-corrected chi connectivity index (χ4v) is 3.48. The Morgan fingerprint density at radius 1 is 1.41 bits per heavy atom. The van der Waals surface area contributed by atoms with Gasteiger partial charge in [0.25, 0.3) is 0 Å². The van der Waals surface area contributed by atoms with Crippen molar-refractivity contribution >= 4 is 22.4 Å². The van der Waals surface area contributed by atoms with Crippen molar-refractivity contribution in [2.75, 3.05) is 7.11 Å². The highest BCUT2D eigenvalue weighted by molar-refractivity contribution is 5.97. The molecule has 0 saturated carbocycles. The maximum atomic E-state index is 11.8. The Hall–Kier alpha value is -2.29. The highest BCUT2D eigenvalue weighted by Gasteiger charge is 2.23. The van der Waals surface area contributed by atoms with Gasteiger partial charge in [-0.25, -0.2) is 4.79 Å². The third-order valence-electron chi connectivity index (χ3n) is 4.45. The number of ether oxygens (including phenoxy) is 1. The normalized spacial score (nSPS) is 17.1. The van der Waals surface area contributed by atoms with E-state index in [-0.39, 0.29) is 5.97 Å². The zero-order valence-electron chi connectivity index (χ0n) is 13.3. The number of rotatable bonds is 3. The Morgan fingerprint density at radius 3 is 2.77 bits per heavy atom. The van der Waals surface area contributed by atoms with Crippen molar-refractivity contribution in [2.24, 2.45) is 7.05 Å². The number of methoxy groups -OCH3 is 1. The summed E-state index contributed by atoms with van der Waals surface area (Å²) in [6.45, 7) is 6.19. The van der Waals surface area contributed by atoms with Crippen molar-refractivity contribution in [1.82, 2.24) is 4.57 Å². The second-order valence-electron chi connectivity index (χ2n) is 5.94. The molecule has 2 aromatic rings. The topological polar surface area (TPSA) is 31.2 Å². The van der Waals surface area contributed by atoms with Gasteiger partial charge in [0.05, 0.1) is 12.7 Å². The monoisotopic (exact) mass is 295 g/mol. The smallest absolute Gasteiger partial charge is 0.337 e. The maximum Gasteiger partial charge on any atom is 0.337 e. The van der Waals surface area contributed by atoms with E-state index < -0.39 is 0 Å². The van der Waals surface area contributed by atoms with E-state index in [2.05, 4.69) is 23.3 Å². The van der Waals surface area contributed by atoms with E-state index in [1.807, 2.05) is 32.2 Å². The van der Waals surface area contributed by atoms with E-state index in [1.165, 1.54) is 23.8 Å². The average molecular weight is 295 g/mol. The Morgan fingerprint density at radius 2 is 2.18 bits per heavy atom. The van der Waals surface area contributed by atoms with Crippen molar-refractivity contribution in [2.45, 2.75) is 25.7 Å². The number of hydrogen-bond donors (Lipinski definition) is 0. The number of allylic oxidation sites excluding steroid dienone is 3. The first-order valence-electron chi connectivity index (χ1n) is 7.57. The molecule has 1 heterocycles. The van der Waals surface area contributed by atoms with Crippen molar-refractivity contribution in [1.29, 1.82) is 0 Å². The van der Waals surface area contributed by atoms with Crippen molar-refractivity contribution < 1.29 is 9.53 Å². The number of carbonyl (C=O) groups excluding carboxylic acids is 1. The molecule has 1 aliphatic carbocycles. The summed E-state index contributed by atoms with van der Waals surface area (Å²) in [7, 11) is 3.45. The molecule has 114 valence electrons. The molecule has 22 heavy (non-hydrogen) atoms. The van der Waals surface area contributed by atoms with Crippen LogP contribution in [0.25, 0.3) is 16.5 Å². The maximum absolute atomic E-state index is 11.8. The third-order valence-corrected chi connectivity index (χ3v) is 4.45. The van der Waals surface area contributed by atoms with E-state index in [1.54, 1.807) is 0 Å². The van der Waals surface area contributed by atoms with Crippen LogP contribution in [0.4, 0.5) is 0 Å². The number of hydrogen-bond acceptors (Lipinski definition) is 2. The van der Waals surface area contributed by atoms with E-state index in [4.69, 9.17) is 4.74 Å². The van der Waals surface area contributed by atoms with E-state index in [0.29, 0.717) is 11.5 Å². The number of aromatic nitrogens is 1. The van der Waals surface area contributed by atoms with E-state index >= 15 is 0 Å². The van der Waals surface area contributed by atoms with Gasteiger partial charge in [0.2, 0.25) is 0 Å². The highest BCUT2D eigenvalue weighted by atomic mass is 16.5. The third kappa shape index (κ3) is 2.17. The highest BCUT2D eigenvalue weighted by Crippen LogP contribution is 2.40. The lowest BCUT2D eigenvalue weighted by atomic mass is 9.93. The van der Waals surface area contributed by atoms with Crippen LogP contribution in [0.3, 0.4) is 0 Å². The molecular weight excluding hydrogens is 274 g/mol. The van der Waals surface area contributed by atoms with Crippen LogP contribution >= 0.6 is 0 Å². The lowest BCUT2D eigenvalue weighted by molar-refractivity contribution is 0.0601. The van der Waals surface area contributed by atoms with Gasteiger partial charge in [-0.2, -0.15) is 0 Å². The van der Waals surface area contributed by atoms with E-state index in [0.717, 1.165) is 23.9 Å². The average Bonchev–Trinajstić information content (AvgIpc) is 3.12. The second-order valence-corrected chi connectivity index (χ2v) is 5.94. The molecule has 0 saturated heterocycles. The summed E-state index contributed by atoms with van der Waals surface area (Å²) in [5.41, 5.74) is 5.19. The molecule has 3 heteroatoms. The molecule has 1 unspecified atom stereocenters. The molecule has 1 aromatic heterocycles. The van der Waals surface area contributed by atoms with Crippen LogP contribution in [-0.2, 0) is 11.8 Å². The van der Waals surface area contributed by atoms with Crippen LogP contribution in [0.2, 0.25) is 0 Å². The van der Waals surface area contributed by atoms with Crippen molar-refractivity contribution in [3.05, 3.63) is 53.8 Å². The number of benzene rings is 1. The van der Waals surface area contributed by atoms with Gasteiger partial charge < -0.3 is 9.30 Å². The molecule has 0 N–H and O–H groups in total. The predicted molar refractivity (Wildman–Crippen MR) is 90.1 cm³/mol. The lowest BCUT2D eigenvalue weighted by Crippen LogP contribution is -2.01. The summed E-state index contributed by atoms with van der Waals surface area (Å²) in [5.74, 6) is 0.127. The van der Waals surface area contributed by atoms with Crippen LogP contribution in [0, 0.1) is 0 Å². The van der Waals surface area contributed by atoms with Gasteiger partial charge in [-0.3, -0.25) is 0 Å². The van der Waals surface area contributed by atoms with Gasteiger partial charge in [0.1, 0.15) is 0 Å². The predicted octanol–water partition coefficient (Wildman–Crippen LogP) is 4.43. The molecule has 0 amide bonds. The number of nitrogens with zero attached hydrogens (tertiary/aromatic N) is 1. The summed E-state index contributed by atoms with van der Waals surface area (Å²) in [4.78, 5) is 11.8. The number of fused-ring (bicyclic) bond motifs is 1. The van der Waals surface area contributed by atoms with Gasteiger partial charge in [-0.15, -0.1) is 0 Å². The summed E-state index contributed by atoms with van der Waals surface area (Å²) in [5, 5.41) is 1.20. The number of aryl methyl sites for hydroxylation is 1. The zero-order chi connectivity index (χ0) is 15.9. The van der Waals surface area contributed by atoms with Crippen molar-refractivity contribution in [3.63, 3.8) is 0 Å². The molecular formula is C19H21NO2. The molecule has 0 spiro atoms. The van der Waals surface area contributed by atoms with Crippen LogP contribution in [0.5, 0.6) is 0 Å². The first kappa shape index (κ1) is 14.6. The molecule has 0 fully saturated rings. The largest absolute Gasteiger partial charge is 0.465 e. The molecule has 0 aliphatic heterocycles.